The summed E-state index contributed by atoms with van der Waals surface area (Å²) in [5.41, 5.74) is 0.697. The number of carbonyl (C=O) groups is 1. The van der Waals surface area contributed by atoms with Crippen LogP contribution in [0, 0.1) is 0 Å². The van der Waals surface area contributed by atoms with Gasteiger partial charge in [0, 0.05) is 5.69 Å². The van der Waals surface area contributed by atoms with Crippen LogP contribution in [0.25, 0.3) is 0 Å². The predicted octanol–water partition coefficient (Wildman–Crippen LogP) is -0.373. The van der Waals surface area contributed by atoms with Gasteiger partial charge in [-0.1, -0.05) is 18.2 Å². The predicted molar refractivity (Wildman–Crippen MR) is 52.2 cm³/mol. The first kappa shape index (κ1) is 10.8. The quantitative estimate of drug-likeness (QED) is 0.698. The Kier molecular flexibility index (Phi) is 3.47. The maximum atomic E-state index is 11.4. The van der Waals surface area contributed by atoms with E-state index in [-0.39, 0.29) is 17.2 Å². The van der Waals surface area contributed by atoms with Gasteiger partial charge in [0.05, 0.1) is 0 Å². The summed E-state index contributed by atoms with van der Waals surface area (Å²) in [6.07, 6.45) is 0. The number of benzene rings is 1. The Morgan fingerprint density at radius 1 is 1.27 bits per heavy atom. The maximum absolute atomic E-state index is 11.4. The topological polar surface area (TPSA) is 115 Å². The van der Waals surface area contributed by atoms with Crippen LogP contribution in [0.4, 0.5) is 5.69 Å². The summed E-state index contributed by atoms with van der Waals surface area (Å²) in [7, 11) is 0. The maximum Gasteiger partial charge on any atom is 0.297 e. The van der Waals surface area contributed by atoms with Crippen molar-refractivity contribution in [2.45, 2.75) is 0 Å². The molecule has 0 aliphatic heterocycles. The smallest absolute Gasteiger partial charge is 0.297 e. The zero-order valence-electron chi connectivity index (χ0n) is 7.64. The highest BCUT2D eigenvalue weighted by Crippen LogP contribution is 2.05. The number of hydrogen-bond acceptors (Lipinski definition) is 4. The summed E-state index contributed by atoms with van der Waals surface area (Å²) in [5.74, 6) is -0.362. The number of amides is 1. The molecule has 1 heterocycles. The van der Waals surface area contributed by atoms with E-state index in [0.29, 0.717) is 5.69 Å². The molecule has 0 saturated carbocycles. The highest BCUT2D eigenvalue weighted by atomic mass is 16.2. The minimum absolute atomic E-state index is 0. The Bertz CT molecular complexity index is 414. The molecule has 78 valence electrons. The lowest BCUT2D eigenvalue weighted by Crippen LogP contribution is -2.13. The van der Waals surface area contributed by atoms with Crippen LogP contribution >= 0.6 is 0 Å². The molecule has 0 aliphatic rings. The summed E-state index contributed by atoms with van der Waals surface area (Å²) >= 11 is 0. The molecule has 15 heavy (non-hydrogen) atoms. The van der Waals surface area contributed by atoms with E-state index in [1.165, 1.54) is 0 Å². The van der Waals surface area contributed by atoms with Gasteiger partial charge in [0.15, 0.2) is 0 Å². The molecule has 0 spiro atoms. The van der Waals surface area contributed by atoms with Crippen LogP contribution in [0.3, 0.4) is 0 Å². The third-order valence-corrected chi connectivity index (χ3v) is 1.58. The van der Waals surface area contributed by atoms with Crippen LogP contribution in [0.5, 0.6) is 0 Å². The number of carbonyl (C=O) groups excluding carboxylic acids is 1. The average Bonchev–Trinajstić information content (AvgIpc) is 2.72. The first-order valence-electron chi connectivity index (χ1n) is 3.96. The van der Waals surface area contributed by atoms with Crippen molar-refractivity contribution in [3.05, 3.63) is 36.2 Å². The van der Waals surface area contributed by atoms with Gasteiger partial charge in [0.2, 0.25) is 0 Å². The number of H-pyrrole nitrogens is 1. The summed E-state index contributed by atoms with van der Waals surface area (Å²) in [6, 6.07) is 9.07. The van der Waals surface area contributed by atoms with Gasteiger partial charge in [-0.15, -0.1) is 10.2 Å². The molecule has 0 radical (unpaired) electrons. The fraction of sp³-hybridized carbons (Fsp3) is 0. The minimum Gasteiger partial charge on any atom is -0.412 e. The third kappa shape index (κ3) is 2.58. The summed E-state index contributed by atoms with van der Waals surface area (Å²) in [6.45, 7) is 0. The minimum atomic E-state index is -0.384. The number of aromatic nitrogens is 4. The van der Waals surface area contributed by atoms with Gasteiger partial charge < -0.3 is 10.8 Å². The molecule has 7 heteroatoms. The van der Waals surface area contributed by atoms with E-state index in [1.807, 2.05) is 18.2 Å². The van der Waals surface area contributed by atoms with Crippen molar-refractivity contribution in [3.8, 4) is 0 Å². The molecule has 0 aliphatic carbocycles. The summed E-state index contributed by atoms with van der Waals surface area (Å²) in [4.78, 5) is 11.4. The molecule has 1 aromatic heterocycles. The monoisotopic (exact) mass is 207 g/mol. The van der Waals surface area contributed by atoms with Gasteiger partial charge >= 0.3 is 0 Å². The fourth-order valence-electron chi connectivity index (χ4n) is 0.966. The third-order valence-electron chi connectivity index (χ3n) is 1.58. The van der Waals surface area contributed by atoms with E-state index >= 15 is 0 Å². The van der Waals surface area contributed by atoms with Crippen molar-refractivity contribution >= 4 is 11.6 Å². The van der Waals surface area contributed by atoms with Crippen molar-refractivity contribution in [3.63, 3.8) is 0 Å². The summed E-state index contributed by atoms with van der Waals surface area (Å²) in [5, 5.41) is 15.2. The van der Waals surface area contributed by atoms with Crippen molar-refractivity contribution in [1.29, 1.82) is 0 Å². The zero-order valence-corrected chi connectivity index (χ0v) is 7.64. The molecule has 0 atom stereocenters. The van der Waals surface area contributed by atoms with E-state index < -0.39 is 0 Å². The van der Waals surface area contributed by atoms with Crippen molar-refractivity contribution < 1.29 is 10.3 Å². The Hall–Kier alpha value is -2.28. The van der Waals surface area contributed by atoms with Crippen molar-refractivity contribution in [1.82, 2.24) is 20.6 Å². The molecular formula is C8H9N5O2. The van der Waals surface area contributed by atoms with Crippen molar-refractivity contribution in [2.24, 2.45) is 0 Å². The number of tetrazole rings is 1. The largest absolute Gasteiger partial charge is 0.412 e. The van der Waals surface area contributed by atoms with E-state index in [0.717, 1.165) is 0 Å². The molecule has 0 saturated heterocycles. The highest BCUT2D eigenvalue weighted by Gasteiger charge is 2.09. The van der Waals surface area contributed by atoms with Gasteiger partial charge in [0.1, 0.15) is 0 Å². The van der Waals surface area contributed by atoms with Crippen LogP contribution < -0.4 is 5.32 Å². The van der Waals surface area contributed by atoms with Gasteiger partial charge in [-0.3, -0.25) is 4.79 Å². The Morgan fingerprint density at radius 2 is 2.00 bits per heavy atom. The van der Waals surface area contributed by atoms with Gasteiger partial charge in [-0.2, -0.15) is 5.21 Å². The first-order valence-corrected chi connectivity index (χ1v) is 3.96. The van der Waals surface area contributed by atoms with E-state index in [9.17, 15) is 4.79 Å². The molecule has 1 aromatic carbocycles. The summed E-state index contributed by atoms with van der Waals surface area (Å²) < 4.78 is 0. The molecule has 7 nitrogen and oxygen atoms in total. The van der Waals surface area contributed by atoms with E-state index in [1.54, 1.807) is 12.1 Å². The lowest BCUT2D eigenvalue weighted by molar-refractivity contribution is 0.101. The first-order chi connectivity index (χ1) is 6.86. The van der Waals surface area contributed by atoms with Crippen LogP contribution in [-0.2, 0) is 0 Å². The molecule has 0 fully saturated rings. The van der Waals surface area contributed by atoms with E-state index in [4.69, 9.17) is 0 Å². The Labute approximate surface area is 84.8 Å². The second kappa shape index (κ2) is 4.82. The lowest BCUT2D eigenvalue weighted by Gasteiger charge is -1.99. The average molecular weight is 207 g/mol. The van der Waals surface area contributed by atoms with Crippen molar-refractivity contribution in [2.75, 3.05) is 5.32 Å². The SMILES string of the molecule is O.O=C(Nc1ccccc1)c1nn[nH]n1. The molecule has 0 bridgehead atoms. The number of aromatic amines is 1. The number of anilines is 1. The number of hydrogen-bond donors (Lipinski definition) is 2. The van der Waals surface area contributed by atoms with Crippen LogP contribution in [0.15, 0.2) is 30.3 Å². The van der Waals surface area contributed by atoms with Gasteiger partial charge in [0.25, 0.3) is 11.7 Å². The second-order valence-corrected chi connectivity index (χ2v) is 2.56. The number of para-hydroxylation sites is 1. The molecular weight excluding hydrogens is 198 g/mol. The molecule has 0 unspecified atom stereocenters. The standard InChI is InChI=1S/C8H7N5O.H2O/c14-8(7-10-12-13-11-7)9-6-4-2-1-3-5-6;/h1-5H,(H,9,14)(H,10,11,12,13);1H2. The Morgan fingerprint density at radius 3 is 2.60 bits per heavy atom. The van der Waals surface area contributed by atoms with Crippen LogP contribution in [0.1, 0.15) is 10.6 Å². The molecule has 2 rings (SSSR count). The number of nitrogens with zero attached hydrogens (tertiary/aromatic N) is 3. The molecule has 2 aromatic rings. The van der Waals surface area contributed by atoms with Crippen LogP contribution in [0.2, 0.25) is 0 Å². The van der Waals surface area contributed by atoms with Gasteiger partial charge in [-0.05, 0) is 17.3 Å². The van der Waals surface area contributed by atoms with Crippen LogP contribution in [-0.4, -0.2) is 32.0 Å². The number of nitrogens with one attached hydrogen (secondary N) is 2. The zero-order chi connectivity index (χ0) is 9.80. The molecule has 4 N–H and O–H groups in total. The highest BCUT2D eigenvalue weighted by molar-refractivity contribution is 6.01. The Balaban J connectivity index is 0.00000112. The fourth-order valence-corrected chi connectivity index (χ4v) is 0.966. The second-order valence-electron chi connectivity index (χ2n) is 2.56. The van der Waals surface area contributed by atoms with E-state index in [2.05, 4.69) is 25.9 Å². The van der Waals surface area contributed by atoms with Gasteiger partial charge in [-0.25, -0.2) is 0 Å². The number of rotatable bonds is 2. The molecule has 1 amide bonds. The lowest BCUT2D eigenvalue weighted by atomic mass is 10.3. The normalized spacial score (nSPS) is 9.07.